The first kappa shape index (κ1) is 16.3. The summed E-state index contributed by atoms with van der Waals surface area (Å²) in [5.41, 5.74) is 1.08. The van der Waals surface area contributed by atoms with Crippen molar-refractivity contribution in [3.63, 3.8) is 0 Å². The maximum atomic E-state index is 12.9. The second-order valence-electron chi connectivity index (χ2n) is 5.55. The highest BCUT2D eigenvalue weighted by Gasteiger charge is 2.26. The van der Waals surface area contributed by atoms with Crippen molar-refractivity contribution < 1.29 is 18.7 Å². The quantitative estimate of drug-likeness (QED) is 0.855. The summed E-state index contributed by atoms with van der Waals surface area (Å²) in [6.45, 7) is 3.45. The molecule has 24 heavy (non-hydrogen) atoms. The van der Waals surface area contributed by atoms with Gasteiger partial charge >= 0.3 is 0 Å². The second-order valence-corrected chi connectivity index (χ2v) is 5.55. The van der Waals surface area contributed by atoms with E-state index in [0.29, 0.717) is 31.1 Å². The molecule has 1 fully saturated rings. The Labute approximate surface area is 139 Å². The van der Waals surface area contributed by atoms with Crippen molar-refractivity contribution in [3.8, 4) is 5.75 Å². The van der Waals surface area contributed by atoms with Gasteiger partial charge in [0.05, 0.1) is 25.0 Å². The van der Waals surface area contributed by atoms with Gasteiger partial charge in [0.15, 0.2) is 0 Å². The van der Waals surface area contributed by atoms with Crippen LogP contribution in [0.4, 0.5) is 4.39 Å². The minimum atomic E-state index is -0.313. The van der Waals surface area contributed by atoms with Crippen LogP contribution in [0.2, 0.25) is 0 Å². The number of rotatable bonds is 4. The van der Waals surface area contributed by atoms with Crippen molar-refractivity contribution in [2.75, 3.05) is 26.3 Å². The summed E-state index contributed by atoms with van der Waals surface area (Å²) in [5.74, 6) is 0.0812. The monoisotopic (exact) mass is 331 g/mol. The van der Waals surface area contributed by atoms with Crippen molar-refractivity contribution in [3.05, 3.63) is 53.9 Å². The summed E-state index contributed by atoms with van der Waals surface area (Å²) in [5, 5.41) is 0. The SMILES string of the molecule is Cc1cnc(C(=O)N2CCOC(COc3ccc(F)cc3)C2)cn1. The molecule has 1 saturated heterocycles. The fourth-order valence-corrected chi connectivity index (χ4v) is 2.39. The average molecular weight is 331 g/mol. The molecule has 0 N–H and O–H groups in total. The van der Waals surface area contributed by atoms with Gasteiger partial charge < -0.3 is 14.4 Å². The third-order valence-electron chi connectivity index (χ3n) is 3.68. The lowest BCUT2D eigenvalue weighted by Crippen LogP contribution is -2.47. The van der Waals surface area contributed by atoms with Crippen molar-refractivity contribution in [1.29, 1.82) is 0 Å². The molecule has 1 atom stereocenters. The highest BCUT2D eigenvalue weighted by Crippen LogP contribution is 2.14. The Balaban J connectivity index is 1.56. The Morgan fingerprint density at radius 1 is 1.33 bits per heavy atom. The first-order chi connectivity index (χ1) is 11.6. The topological polar surface area (TPSA) is 64.6 Å². The van der Waals surface area contributed by atoms with Crippen LogP contribution in [0.25, 0.3) is 0 Å². The highest BCUT2D eigenvalue weighted by atomic mass is 19.1. The van der Waals surface area contributed by atoms with Crippen molar-refractivity contribution >= 4 is 5.91 Å². The highest BCUT2D eigenvalue weighted by molar-refractivity contribution is 5.92. The van der Waals surface area contributed by atoms with E-state index in [-0.39, 0.29) is 24.4 Å². The summed E-state index contributed by atoms with van der Waals surface area (Å²) in [7, 11) is 0. The third-order valence-corrected chi connectivity index (χ3v) is 3.68. The number of hydrogen-bond acceptors (Lipinski definition) is 5. The van der Waals surface area contributed by atoms with E-state index in [9.17, 15) is 9.18 Å². The maximum absolute atomic E-state index is 12.9. The molecule has 1 amide bonds. The molecule has 3 rings (SSSR count). The normalized spacial score (nSPS) is 17.6. The minimum absolute atomic E-state index is 0.169. The lowest BCUT2D eigenvalue weighted by Gasteiger charge is -2.32. The predicted octanol–water partition coefficient (Wildman–Crippen LogP) is 1.84. The van der Waals surface area contributed by atoms with Gasteiger partial charge in [-0.15, -0.1) is 0 Å². The van der Waals surface area contributed by atoms with Crippen LogP contribution in [0, 0.1) is 12.7 Å². The molecule has 6 nitrogen and oxygen atoms in total. The van der Waals surface area contributed by atoms with Crippen LogP contribution < -0.4 is 4.74 Å². The van der Waals surface area contributed by atoms with E-state index < -0.39 is 0 Å². The summed E-state index contributed by atoms with van der Waals surface area (Å²) >= 11 is 0. The zero-order valence-electron chi connectivity index (χ0n) is 13.3. The van der Waals surface area contributed by atoms with Crippen LogP contribution in [0.15, 0.2) is 36.7 Å². The summed E-state index contributed by atoms with van der Waals surface area (Å²) in [6.07, 6.45) is 2.81. The Morgan fingerprint density at radius 2 is 2.12 bits per heavy atom. The number of aryl methyl sites for hydroxylation is 1. The zero-order valence-corrected chi connectivity index (χ0v) is 13.3. The van der Waals surface area contributed by atoms with Crippen molar-refractivity contribution in [2.24, 2.45) is 0 Å². The predicted molar refractivity (Wildman–Crippen MR) is 84.3 cm³/mol. The lowest BCUT2D eigenvalue weighted by molar-refractivity contribution is -0.0402. The van der Waals surface area contributed by atoms with E-state index in [4.69, 9.17) is 9.47 Å². The van der Waals surface area contributed by atoms with Gasteiger partial charge in [-0.05, 0) is 31.2 Å². The van der Waals surface area contributed by atoms with E-state index in [1.54, 1.807) is 23.2 Å². The smallest absolute Gasteiger partial charge is 0.274 e. The first-order valence-electron chi connectivity index (χ1n) is 7.70. The van der Waals surface area contributed by atoms with Crippen LogP contribution in [0.3, 0.4) is 0 Å². The van der Waals surface area contributed by atoms with Crippen molar-refractivity contribution in [2.45, 2.75) is 13.0 Å². The van der Waals surface area contributed by atoms with Crippen LogP contribution in [0.5, 0.6) is 5.75 Å². The van der Waals surface area contributed by atoms with Gasteiger partial charge in [0, 0.05) is 12.7 Å². The molecule has 1 unspecified atom stereocenters. The number of aromatic nitrogens is 2. The van der Waals surface area contributed by atoms with Crippen LogP contribution in [-0.2, 0) is 4.74 Å². The number of halogens is 1. The number of carbonyl (C=O) groups is 1. The Morgan fingerprint density at radius 3 is 2.83 bits per heavy atom. The molecule has 0 aliphatic carbocycles. The van der Waals surface area contributed by atoms with Gasteiger partial charge in [-0.1, -0.05) is 0 Å². The molecule has 0 saturated carbocycles. The van der Waals surface area contributed by atoms with Gasteiger partial charge in [0.1, 0.15) is 30.0 Å². The second kappa shape index (κ2) is 7.35. The summed E-state index contributed by atoms with van der Waals surface area (Å²) in [6, 6.07) is 5.79. The first-order valence-corrected chi connectivity index (χ1v) is 7.70. The summed E-state index contributed by atoms with van der Waals surface area (Å²) in [4.78, 5) is 22.4. The van der Waals surface area contributed by atoms with Crippen LogP contribution in [-0.4, -0.2) is 53.2 Å². The molecule has 0 bridgehead atoms. The summed E-state index contributed by atoms with van der Waals surface area (Å²) < 4.78 is 24.1. The van der Waals surface area contributed by atoms with Gasteiger partial charge in [-0.3, -0.25) is 9.78 Å². The fraction of sp³-hybridized carbons (Fsp3) is 0.353. The number of morpholine rings is 1. The number of carbonyl (C=O) groups excluding carboxylic acids is 1. The number of nitrogens with zero attached hydrogens (tertiary/aromatic N) is 3. The molecule has 1 aliphatic heterocycles. The van der Waals surface area contributed by atoms with E-state index in [1.807, 2.05) is 6.92 Å². The Bertz CT molecular complexity index is 691. The number of ether oxygens (including phenoxy) is 2. The molecular formula is C17H18FN3O3. The largest absolute Gasteiger partial charge is 0.491 e. The molecular weight excluding hydrogens is 313 g/mol. The molecule has 0 spiro atoms. The Hall–Kier alpha value is -2.54. The molecule has 1 aliphatic rings. The fourth-order valence-electron chi connectivity index (χ4n) is 2.39. The molecule has 0 radical (unpaired) electrons. The number of benzene rings is 1. The third kappa shape index (κ3) is 4.05. The van der Waals surface area contributed by atoms with E-state index in [0.717, 1.165) is 5.69 Å². The molecule has 1 aromatic carbocycles. The number of hydrogen-bond donors (Lipinski definition) is 0. The molecule has 2 heterocycles. The standard InChI is InChI=1S/C17H18FN3O3/c1-12-8-20-16(9-19-12)17(22)21-6-7-23-15(10-21)11-24-14-4-2-13(18)3-5-14/h2-5,8-9,15H,6-7,10-11H2,1H3. The van der Waals surface area contributed by atoms with E-state index in [2.05, 4.69) is 9.97 Å². The van der Waals surface area contributed by atoms with Crippen LogP contribution in [0.1, 0.15) is 16.2 Å². The van der Waals surface area contributed by atoms with Crippen LogP contribution >= 0.6 is 0 Å². The Kier molecular flexibility index (Phi) is 5.00. The van der Waals surface area contributed by atoms with Gasteiger partial charge in [-0.25, -0.2) is 9.37 Å². The lowest BCUT2D eigenvalue weighted by atomic mass is 10.2. The number of amides is 1. The molecule has 2 aromatic rings. The van der Waals surface area contributed by atoms with Crippen molar-refractivity contribution in [1.82, 2.24) is 14.9 Å². The van der Waals surface area contributed by atoms with Gasteiger partial charge in [-0.2, -0.15) is 0 Å². The maximum Gasteiger partial charge on any atom is 0.274 e. The zero-order chi connectivity index (χ0) is 16.9. The molecule has 7 heteroatoms. The van der Waals surface area contributed by atoms with E-state index >= 15 is 0 Å². The van der Waals surface area contributed by atoms with Gasteiger partial charge in [0.25, 0.3) is 5.91 Å². The molecule has 126 valence electrons. The molecule has 1 aromatic heterocycles. The average Bonchev–Trinajstić information content (AvgIpc) is 2.61. The minimum Gasteiger partial charge on any atom is -0.491 e. The van der Waals surface area contributed by atoms with Gasteiger partial charge in [0.2, 0.25) is 0 Å². The van der Waals surface area contributed by atoms with E-state index in [1.165, 1.54) is 18.3 Å².